The molecule has 2 rings (SSSR count). The molecular formula is C16H17IN4O2S. The van der Waals surface area contributed by atoms with E-state index in [9.17, 15) is 4.79 Å². The number of nitrogens with zero attached hydrogens (tertiary/aromatic N) is 3. The number of thioether (sulfide) groups is 1. The topological polar surface area (TPSA) is 76.5 Å². The number of rotatable bonds is 6. The summed E-state index contributed by atoms with van der Waals surface area (Å²) in [5.41, 5.74) is 5.15. The number of carbonyl (C=O) groups excluding carboxylic acids is 1. The molecule has 0 saturated heterocycles. The van der Waals surface area contributed by atoms with E-state index in [0.29, 0.717) is 5.16 Å². The fourth-order valence-electron chi connectivity index (χ4n) is 1.86. The molecule has 24 heavy (non-hydrogen) atoms. The van der Waals surface area contributed by atoms with Gasteiger partial charge >= 0.3 is 0 Å². The first-order valence-corrected chi connectivity index (χ1v) is 9.15. The number of nitrogens with one attached hydrogen (secondary N) is 1. The van der Waals surface area contributed by atoms with Gasteiger partial charge < -0.3 is 4.74 Å². The van der Waals surface area contributed by atoms with E-state index in [1.807, 2.05) is 38.1 Å². The molecule has 0 aliphatic carbocycles. The van der Waals surface area contributed by atoms with Crippen LogP contribution in [0.1, 0.15) is 17.0 Å². The lowest BCUT2D eigenvalue weighted by Gasteiger charge is -2.03. The Balaban J connectivity index is 1.85. The van der Waals surface area contributed by atoms with Crippen LogP contribution < -0.4 is 10.2 Å². The summed E-state index contributed by atoms with van der Waals surface area (Å²) in [6.45, 7) is 3.80. The fourth-order valence-corrected chi connectivity index (χ4v) is 3.36. The Hall–Kier alpha value is -1.68. The molecule has 126 valence electrons. The summed E-state index contributed by atoms with van der Waals surface area (Å²) in [6.07, 6.45) is 1.59. The Bertz CT molecular complexity index is 747. The van der Waals surface area contributed by atoms with Gasteiger partial charge in [-0.25, -0.2) is 15.4 Å². The zero-order valence-electron chi connectivity index (χ0n) is 13.5. The molecule has 0 unspecified atom stereocenters. The molecule has 0 aliphatic heterocycles. The molecule has 0 fully saturated rings. The molecule has 1 amide bonds. The average molecular weight is 456 g/mol. The van der Waals surface area contributed by atoms with Crippen molar-refractivity contribution in [1.29, 1.82) is 0 Å². The van der Waals surface area contributed by atoms with Crippen molar-refractivity contribution >= 4 is 46.5 Å². The standard InChI is InChI=1S/C16H17IN4O2S/c1-10-6-11(2)20-16(19-10)24-9-15(22)21-18-8-12-4-5-14(23-3)13(17)7-12/h4-8H,9H2,1-3H3,(H,21,22)/b18-8-. The third-order valence-corrected chi connectivity index (χ3v) is 4.56. The van der Waals surface area contributed by atoms with E-state index in [1.54, 1.807) is 13.3 Å². The molecule has 0 spiro atoms. The van der Waals surface area contributed by atoms with Gasteiger partial charge in [0.25, 0.3) is 5.91 Å². The molecule has 0 bridgehead atoms. The maximum atomic E-state index is 11.8. The summed E-state index contributed by atoms with van der Waals surface area (Å²) < 4.78 is 6.18. The summed E-state index contributed by atoms with van der Waals surface area (Å²) >= 11 is 3.47. The lowest BCUT2D eigenvalue weighted by molar-refractivity contribution is -0.118. The normalized spacial score (nSPS) is 10.8. The van der Waals surface area contributed by atoms with Crippen molar-refractivity contribution < 1.29 is 9.53 Å². The van der Waals surface area contributed by atoms with Crippen LogP contribution in [-0.2, 0) is 4.79 Å². The predicted octanol–water partition coefficient (Wildman–Crippen LogP) is 2.95. The van der Waals surface area contributed by atoms with Crippen LogP contribution >= 0.6 is 34.4 Å². The van der Waals surface area contributed by atoms with Gasteiger partial charge in [-0.15, -0.1) is 0 Å². The van der Waals surface area contributed by atoms with E-state index < -0.39 is 0 Å². The number of hydrogen-bond acceptors (Lipinski definition) is 6. The Labute approximate surface area is 158 Å². The van der Waals surface area contributed by atoms with Crippen molar-refractivity contribution in [1.82, 2.24) is 15.4 Å². The van der Waals surface area contributed by atoms with Gasteiger partial charge in [0, 0.05) is 11.4 Å². The minimum absolute atomic E-state index is 0.206. The van der Waals surface area contributed by atoms with Gasteiger partial charge in [0.15, 0.2) is 5.16 Å². The van der Waals surface area contributed by atoms with Gasteiger partial charge in [0.1, 0.15) is 5.75 Å². The fraction of sp³-hybridized carbons (Fsp3) is 0.250. The van der Waals surface area contributed by atoms with E-state index in [-0.39, 0.29) is 11.7 Å². The highest BCUT2D eigenvalue weighted by Gasteiger charge is 2.05. The van der Waals surface area contributed by atoms with E-state index in [0.717, 1.165) is 26.3 Å². The van der Waals surface area contributed by atoms with Crippen molar-refractivity contribution in [3.63, 3.8) is 0 Å². The van der Waals surface area contributed by atoms with Crippen LogP contribution in [0.3, 0.4) is 0 Å². The first-order chi connectivity index (χ1) is 11.5. The van der Waals surface area contributed by atoms with Gasteiger partial charge in [0.2, 0.25) is 0 Å². The zero-order chi connectivity index (χ0) is 17.5. The Morgan fingerprint density at radius 3 is 2.67 bits per heavy atom. The van der Waals surface area contributed by atoms with Gasteiger partial charge in [-0.2, -0.15) is 5.10 Å². The third kappa shape index (κ3) is 5.75. The molecule has 1 heterocycles. The van der Waals surface area contributed by atoms with Gasteiger partial charge in [-0.05, 0) is 66.3 Å². The van der Waals surface area contributed by atoms with E-state index in [2.05, 4.69) is 43.1 Å². The van der Waals surface area contributed by atoms with Crippen molar-refractivity contribution in [2.24, 2.45) is 5.10 Å². The molecule has 2 aromatic rings. The van der Waals surface area contributed by atoms with E-state index in [4.69, 9.17) is 4.74 Å². The summed E-state index contributed by atoms with van der Waals surface area (Å²) in [4.78, 5) is 20.4. The molecular weight excluding hydrogens is 439 g/mol. The summed E-state index contributed by atoms with van der Waals surface area (Å²) in [7, 11) is 1.63. The first-order valence-electron chi connectivity index (χ1n) is 7.08. The molecule has 0 radical (unpaired) electrons. The number of hydrogen-bond donors (Lipinski definition) is 1. The van der Waals surface area contributed by atoms with Crippen LogP contribution in [0.25, 0.3) is 0 Å². The second-order valence-corrected chi connectivity index (χ2v) is 7.01. The minimum atomic E-state index is -0.206. The second-order valence-electron chi connectivity index (χ2n) is 4.91. The van der Waals surface area contributed by atoms with Crippen LogP contribution in [0.4, 0.5) is 0 Å². The smallest absolute Gasteiger partial charge is 0.250 e. The summed E-state index contributed by atoms with van der Waals surface area (Å²) in [6, 6.07) is 7.55. The average Bonchev–Trinajstić information content (AvgIpc) is 2.52. The number of amides is 1. The predicted molar refractivity (Wildman–Crippen MR) is 104 cm³/mol. The van der Waals surface area contributed by atoms with Crippen LogP contribution in [0, 0.1) is 17.4 Å². The molecule has 1 aromatic heterocycles. The number of carbonyl (C=O) groups is 1. The van der Waals surface area contributed by atoms with E-state index in [1.165, 1.54) is 11.8 Å². The Morgan fingerprint density at radius 1 is 1.33 bits per heavy atom. The highest BCUT2D eigenvalue weighted by molar-refractivity contribution is 14.1. The third-order valence-electron chi connectivity index (χ3n) is 2.87. The Morgan fingerprint density at radius 2 is 2.04 bits per heavy atom. The SMILES string of the molecule is COc1ccc(/C=N\NC(=O)CSc2nc(C)cc(C)n2)cc1I. The second kappa shape index (κ2) is 8.97. The molecule has 1 N–H and O–H groups in total. The highest BCUT2D eigenvalue weighted by atomic mass is 127. The van der Waals surface area contributed by atoms with Gasteiger partial charge in [-0.3, -0.25) is 4.79 Å². The van der Waals surface area contributed by atoms with Crippen molar-refractivity contribution in [3.8, 4) is 5.75 Å². The highest BCUT2D eigenvalue weighted by Crippen LogP contribution is 2.20. The number of hydrazone groups is 1. The maximum Gasteiger partial charge on any atom is 0.250 e. The maximum absolute atomic E-state index is 11.8. The van der Waals surface area contributed by atoms with Crippen LogP contribution in [0.15, 0.2) is 34.5 Å². The molecule has 0 atom stereocenters. The van der Waals surface area contributed by atoms with Gasteiger partial charge in [0.05, 0.1) is 22.6 Å². The van der Waals surface area contributed by atoms with Crippen molar-refractivity contribution in [2.45, 2.75) is 19.0 Å². The lowest BCUT2D eigenvalue weighted by Crippen LogP contribution is -2.19. The van der Waals surface area contributed by atoms with Gasteiger partial charge in [-0.1, -0.05) is 11.8 Å². The van der Waals surface area contributed by atoms with Crippen LogP contribution in [-0.4, -0.2) is 35.0 Å². The quantitative estimate of drug-likeness (QED) is 0.238. The molecule has 6 nitrogen and oxygen atoms in total. The molecule has 0 aliphatic rings. The number of aromatic nitrogens is 2. The zero-order valence-corrected chi connectivity index (χ0v) is 16.5. The first kappa shape index (κ1) is 18.7. The number of methoxy groups -OCH3 is 1. The molecule has 0 saturated carbocycles. The summed E-state index contributed by atoms with van der Waals surface area (Å²) in [5, 5.41) is 4.56. The lowest BCUT2D eigenvalue weighted by atomic mass is 10.2. The monoisotopic (exact) mass is 456 g/mol. The number of ether oxygens (including phenoxy) is 1. The van der Waals surface area contributed by atoms with Crippen molar-refractivity contribution in [3.05, 3.63) is 44.8 Å². The number of halogens is 1. The van der Waals surface area contributed by atoms with Crippen molar-refractivity contribution in [2.75, 3.05) is 12.9 Å². The molecule has 1 aromatic carbocycles. The number of benzene rings is 1. The van der Waals surface area contributed by atoms with Crippen LogP contribution in [0.2, 0.25) is 0 Å². The van der Waals surface area contributed by atoms with E-state index >= 15 is 0 Å². The molecule has 8 heteroatoms. The van der Waals surface area contributed by atoms with Crippen LogP contribution in [0.5, 0.6) is 5.75 Å². The number of aryl methyl sites for hydroxylation is 2. The minimum Gasteiger partial charge on any atom is -0.496 e. The Kier molecular flexibility index (Phi) is 6.98. The largest absolute Gasteiger partial charge is 0.496 e. The summed E-state index contributed by atoms with van der Waals surface area (Å²) in [5.74, 6) is 0.809.